The summed E-state index contributed by atoms with van der Waals surface area (Å²) in [6.07, 6.45) is 0.694. The number of aromatic hydroxyl groups is 1. The van der Waals surface area contributed by atoms with Crippen molar-refractivity contribution in [3.63, 3.8) is 0 Å². The fourth-order valence-corrected chi connectivity index (χ4v) is 1.14. The summed E-state index contributed by atoms with van der Waals surface area (Å²) in [4.78, 5) is 10.7. The number of hydrogen-bond acceptors (Lipinski definition) is 5. The lowest BCUT2D eigenvalue weighted by Gasteiger charge is -2.09. The maximum atomic E-state index is 10.7. The zero-order valence-electron chi connectivity index (χ0n) is 11.2. The topological polar surface area (TPSA) is 65.0 Å². The van der Waals surface area contributed by atoms with Crippen molar-refractivity contribution >= 4 is 6.29 Å². The molecule has 5 nitrogen and oxygen atoms in total. The highest BCUT2D eigenvalue weighted by molar-refractivity contribution is 5.82. The van der Waals surface area contributed by atoms with Crippen LogP contribution in [0.15, 0.2) is 12.1 Å². The molecule has 0 amide bonds. The molecule has 0 atom stereocenters. The van der Waals surface area contributed by atoms with Gasteiger partial charge in [-0.2, -0.15) is 0 Å². The molecule has 5 heteroatoms. The molecule has 0 spiro atoms. The van der Waals surface area contributed by atoms with Crippen LogP contribution in [0.3, 0.4) is 0 Å². The molecule has 0 aromatic heterocycles. The van der Waals surface area contributed by atoms with E-state index in [4.69, 9.17) is 9.47 Å². The molecule has 0 saturated carbocycles. The molecule has 1 N–H and O–H groups in total. The van der Waals surface area contributed by atoms with Crippen molar-refractivity contribution in [3.05, 3.63) is 23.3 Å². The Bertz CT molecular complexity index is 361. The Morgan fingerprint density at radius 1 is 1.28 bits per heavy atom. The monoisotopic (exact) mass is 256 g/mol. The predicted octanol–water partition coefficient (Wildman–Crippen LogP) is 2.15. The minimum absolute atomic E-state index is 0.0454. The van der Waals surface area contributed by atoms with Crippen molar-refractivity contribution in [1.29, 1.82) is 0 Å². The van der Waals surface area contributed by atoms with Crippen molar-refractivity contribution in [3.8, 4) is 11.5 Å². The highest BCUT2D eigenvalue weighted by Gasteiger charge is 2.08. The molecule has 0 aliphatic heterocycles. The first-order chi connectivity index (χ1) is 8.60. The Kier molecular flexibility index (Phi) is 8.61. The maximum Gasteiger partial charge on any atom is 0.188 e. The van der Waals surface area contributed by atoms with E-state index in [1.165, 1.54) is 19.2 Å². The maximum absolute atomic E-state index is 10.7. The molecule has 18 heavy (non-hydrogen) atoms. The van der Waals surface area contributed by atoms with E-state index in [0.717, 1.165) is 6.61 Å². The molecule has 0 radical (unpaired) electrons. The number of benzene rings is 1. The smallest absolute Gasteiger partial charge is 0.188 e. The molecule has 0 unspecified atom stereocenters. The second-order valence-electron chi connectivity index (χ2n) is 3.42. The Morgan fingerprint density at radius 3 is 2.33 bits per heavy atom. The van der Waals surface area contributed by atoms with E-state index in [1.807, 2.05) is 6.92 Å². The van der Waals surface area contributed by atoms with Gasteiger partial charge in [-0.3, -0.25) is 4.79 Å². The third kappa shape index (κ3) is 5.65. The van der Waals surface area contributed by atoms with Gasteiger partial charge in [-0.1, -0.05) is 0 Å². The Balaban J connectivity index is 0.000000631. The zero-order valence-corrected chi connectivity index (χ0v) is 11.2. The van der Waals surface area contributed by atoms with Gasteiger partial charge in [-0.15, -0.1) is 0 Å². The van der Waals surface area contributed by atoms with Crippen LogP contribution in [0.2, 0.25) is 0 Å². The van der Waals surface area contributed by atoms with Crippen molar-refractivity contribution in [2.75, 3.05) is 27.6 Å². The standard InChI is InChI=1S/C10H12O4.C3H8O/c1-7-3-8(12)4-10(9(7)5-11)14-6-13-2;1-3-4-2/h3-5,12H,6H2,1-2H3;3H2,1-2H3. The summed E-state index contributed by atoms with van der Waals surface area (Å²) in [5.74, 6) is 0.401. The summed E-state index contributed by atoms with van der Waals surface area (Å²) in [5.41, 5.74) is 1.10. The quantitative estimate of drug-likeness (QED) is 0.646. The summed E-state index contributed by atoms with van der Waals surface area (Å²) in [5, 5.41) is 9.28. The second-order valence-corrected chi connectivity index (χ2v) is 3.42. The van der Waals surface area contributed by atoms with E-state index >= 15 is 0 Å². The summed E-state index contributed by atoms with van der Waals surface area (Å²) >= 11 is 0. The number of ether oxygens (including phenoxy) is 3. The highest BCUT2D eigenvalue weighted by atomic mass is 16.7. The van der Waals surface area contributed by atoms with Gasteiger partial charge < -0.3 is 19.3 Å². The van der Waals surface area contributed by atoms with Gasteiger partial charge in [0.1, 0.15) is 11.5 Å². The number of carbonyl (C=O) groups excluding carboxylic acids is 1. The van der Waals surface area contributed by atoms with Crippen LogP contribution in [0.1, 0.15) is 22.8 Å². The molecule has 0 heterocycles. The van der Waals surface area contributed by atoms with E-state index < -0.39 is 0 Å². The summed E-state index contributed by atoms with van der Waals surface area (Å²) in [6, 6.07) is 2.89. The number of aryl methyl sites for hydroxylation is 1. The largest absolute Gasteiger partial charge is 0.508 e. The molecule has 0 aliphatic rings. The number of methoxy groups -OCH3 is 2. The third-order valence-electron chi connectivity index (χ3n) is 2.07. The normalized spacial score (nSPS) is 9.33. The number of carbonyl (C=O) groups is 1. The van der Waals surface area contributed by atoms with E-state index in [0.29, 0.717) is 23.2 Å². The van der Waals surface area contributed by atoms with E-state index in [-0.39, 0.29) is 12.5 Å². The summed E-state index contributed by atoms with van der Waals surface area (Å²) in [7, 11) is 3.16. The first-order valence-corrected chi connectivity index (χ1v) is 5.50. The molecule has 0 saturated heterocycles. The first kappa shape index (κ1) is 16.4. The molecule has 1 aromatic rings. The van der Waals surface area contributed by atoms with Gasteiger partial charge in [-0.25, -0.2) is 0 Å². The fourth-order valence-electron chi connectivity index (χ4n) is 1.14. The van der Waals surface area contributed by atoms with Crippen LogP contribution >= 0.6 is 0 Å². The lowest BCUT2D eigenvalue weighted by Crippen LogP contribution is -2.02. The number of phenolic OH excluding ortho intramolecular Hbond substituents is 1. The van der Waals surface area contributed by atoms with Gasteiger partial charge in [-0.05, 0) is 25.5 Å². The van der Waals surface area contributed by atoms with Gasteiger partial charge in [0.05, 0.1) is 5.56 Å². The van der Waals surface area contributed by atoms with E-state index in [2.05, 4.69) is 4.74 Å². The molecule has 102 valence electrons. The predicted molar refractivity (Wildman–Crippen MR) is 68.3 cm³/mol. The van der Waals surface area contributed by atoms with Crippen molar-refractivity contribution in [1.82, 2.24) is 0 Å². The molecular formula is C13H20O5. The SMILES string of the molecule is CCOC.COCOc1cc(O)cc(C)c1C=O. The number of hydrogen-bond donors (Lipinski definition) is 1. The first-order valence-electron chi connectivity index (χ1n) is 5.50. The van der Waals surface area contributed by atoms with E-state index in [9.17, 15) is 9.90 Å². The van der Waals surface area contributed by atoms with Crippen LogP contribution in [0.25, 0.3) is 0 Å². The molecular weight excluding hydrogens is 236 g/mol. The minimum atomic E-state index is 0.0454. The van der Waals surface area contributed by atoms with Crippen molar-refractivity contribution in [2.45, 2.75) is 13.8 Å². The van der Waals surface area contributed by atoms with Gasteiger partial charge in [0.2, 0.25) is 0 Å². The second kappa shape index (κ2) is 9.44. The molecule has 0 fully saturated rings. The summed E-state index contributed by atoms with van der Waals surface area (Å²) < 4.78 is 14.4. The van der Waals surface area contributed by atoms with Crippen LogP contribution in [-0.4, -0.2) is 39.0 Å². The minimum Gasteiger partial charge on any atom is -0.508 e. The van der Waals surface area contributed by atoms with Gasteiger partial charge in [0.15, 0.2) is 13.1 Å². The van der Waals surface area contributed by atoms with E-state index in [1.54, 1.807) is 14.0 Å². The number of aldehydes is 1. The highest BCUT2D eigenvalue weighted by Crippen LogP contribution is 2.26. The molecule has 0 aliphatic carbocycles. The lowest BCUT2D eigenvalue weighted by atomic mass is 10.1. The third-order valence-corrected chi connectivity index (χ3v) is 2.07. The van der Waals surface area contributed by atoms with Crippen LogP contribution in [-0.2, 0) is 9.47 Å². The van der Waals surface area contributed by atoms with Crippen LogP contribution in [0.5, 0.6) is 11.5 Å². The van der Waals surface area contributed by atoms with Crippen molar-refractivity contribution < 1.29 is 24.1 Å². The zero-order chi connectivity index (χ0) is 14.0. The average molecular weight is 256 g/mol. The molecule has 0 bridgehead atoms. The van der Waals surface area contributed by atoms with Crippen LogP contribution in [0.4, 0.5) is 0 Å². The molecule has 1 aromatic carbocycles. The van der Waals surface area contributed by atoms with Crippen LogP contribution in [0, 0.1) is 6.92 Å². The lowest BCUT2D eigenvalue weighted by molar-refractivity contribution is 0.0503. The van der Waals surface area contributed by atoms with Gasteiger partial charge in [0, 0.05) is 26.9 Å². The average Bonchev–Trinajstić information content (AvgIpc) is 2.36. The Labute approximate surface area is 107 Å². The Hall–Kier alpha value is -1.59. The number of phenols is 1. The fraction of sp³-hybridized carbons (Fsp3) is 0.462. The number of rotatable bonds is 5. The van der Waals surface area contributed by atoms with Gasteiger partial charge in [0.25, 0.3) is 0 Å². The van der Waals surface area contributed by atoms with Crippen LogP contribution < -0.4 is 4.74 Å². The Morgan fingerprint density at radius 2 is 1.89 bits per heavy atom. The molecule has 1 rings (SSSR count). The van der Waals surface area contributed by atoms with Gasteiger partial charge >= 0.3 is 0 Å². The van der Waals surface area contributed by atoms with Crippen molar-refractivity contribution in [2.24, 2.45) is 0 Å². The summed E-state index contributed by atoms with van der Waals surface area (Å²) in [6.45, 7) is 4.55.